The summed E-state index contributed by atoms with van der Waals surface area (Å²) in [6, 6.07) is 19.3. The molecule has 3 aromatic rings. The molecule has 1 aliphatic heterocycles. The molecule has 1 N–H and O–H groups in total. The Morgan fingerprint density at radius 1 is 0.857 bits per heavy atom. The number of aryl methyl sites for hydroxylation is 1. The summed E-state index contributed by atoms with van der Waals surface area (Å²) in [6.45, 7) is 3.50. The first-order chi connectivity index (χ1) is 23.4. The SMILES string of the molecule is COCOc1ccc2c(c1)OCC(C)(c1ccc(COC)cc1O)C2CCCOc1ccc(CCCSCCCC(F)(F)C(F)(F)F)cc1. The lowest BCUT2D eigenvalue weighted by atomic mass is 9.66. The molecule has 6 nitrogen and oxygen atoms in total. The number of thioether (sulfide) groups is 1. The predicted octanol–water partition coefficient (Wildman–Crippen LogP) is 9.46. The first kappa shape index (κ1) is 38.6. The molecule has 0 radical (unpaired) electrons. The van der Waals surface area contributed by atoms with E-state index in [0.717, 1.165) is 59.4 Å². The Morgan fingerprint density at radius 2 is 1.57 bits per heavy atom. The number of phenols is 1. The highest BCUT2D eigenvalue weighted by Gasteiger charge is 2.56. The molecule has 12 heteroatoms. The Balaban J connectivity index is 1.31. The van der Waals surface area contributed by atoms with E-state index in [-0.39, 0.29) is 30.6 Å². The zero-order chi connectivity index (χ0) is 35.5. The Hall–Kier alpha value is -3.22. The summed E-state index contributed by atoms with van der Waals surface area (Å²) in [5.74, 6) is -1.34. The Bertz CT molecular complexity index is 1470. The van der Waals surface area contributed by atoms with E-state index in [0.29, 0.717) is 31.3 Å². The van der Waals surface area contributed by atoms with Gasteiger partial charge in [0.1, 0.15) is 23.0 Å². The monoisotopic (exact) mass is 712 g/mol. The number of hydrogen-bond donors (Lipinski definition) is 1. The molecule has 270 valence electrons. The normalized spacial score (nSPS) is 17.8. The third-order valence-electron chi connectivity index (χ3n) is 8.77. The summed E-state index contributed by atoms with van der Waals surface area (Å²) in [5, 5.41) is 11.1. The fraction of sp³-hybridized carbons (Fsp3) is 0.514. The van der Waals surface area contributed by atoms with Crippen molar-refractivity contribution in [1.82, 2.24) is 0 Å². The van der Waals surface area contributed by atoms with E-state index in [2.05, 4.69) is 6.92 Å². The average Bonchev–Trinajstić information content (AvgIpc) is 3.06. The molecular weight excluding hydrogens is 667 g/mol. The number of alkyl halides is 5. The minimum absolute atomic E-state index is 0.0110. The first-order valence-electron chi connectivity index (χ1n) is 16.3. The van der Waals surface area contributed by atoms with Gasteiger partial charge in [0.2, 0.25) is 0 Å². The zero-order valence-corrected chi connectivity index (χ0v) is 28.9. The Labute approximate surface area is 289 Å². The molecule has 0 bridgehead atoms. The number of hydrogen-bond acceptors (Lipinski definition) is 7. The van der Waals surface area contributed by atoms with Crippen molar-refractivity contribution in [1.29, 1.82) is 0 Å². The highest BCUT2D eigenvalue weighted by atomic mass is 32.2. The summed E-state index contributed by atoms with van der Waals surface area (Å²) in [5.41, 5.74) is 3.29. The number of methoxy groups -OCH3 is 2. The highest BCUT2D eigenvalue weighted by Crippen LogP contribution is 2.51. The van der Waals surface area contributed by atoms with Gasteiger partial charge in [-0.05, 0) is 84.6 Å². The van der Waals surface area contributed by atoms with Gasteiger partial charge in [0.25, 0.3) is 0 Å². The van der Waals surface area contributed by atoms with Gasteiger partial charge in [-0.1, -0.05) is 37.3 Å². The van der Waals surface area contributed by atoms with Crippen LogP contribution in [0.25, 0.3) is 0 Å². The third-order valence-corrected chi connectivity index (χ3v) is 9.92. The molecular formula is C37H45F5O6S. The van der Waals surface area contributed by atoms with Crippen molar-refractivity contribution < 1.29 is 50.7 Å². The highest BCUT2D eigenvalue weighted by molar-refractivity contribution is 7.99. The number of fused-ring (bicyclic) bond motifs is 1. The van der Waals surface area contributed by atoms with Crippen molar-refractivity contribution in [3.05, 3.63) is 82.9 Å². The second-order valence-electron chi connectivity index (χ2n) is 12.5. The summed E-state index contributed by atoms with van der Waals surface area (Å²) in [7, 11) is 3.18. The van der Waals surface area contributed by atoms with Gasteiger partial charge in [0, 0.05) is 43.6 Å². The number of halogens is 5. The Kier molecular flexibility index (Phi) is 13.9. The maximum absolute atomic E-state index is 13.0. The molecule has 1 heterocycles. The Morgan fingerprint density at radius 3 is 2.27 bits per heavy atom. The molecule has 0 spiro atoms. The van der Waals surface area contributed by atoms with Gasteiger partial charge < -0.3 is 28.8 Å². The summed E-state index contributed by atoms with van der Waals surface area (Å²) >= 11 is 1.39. The molecule has 4 rings (SSSR count). The van der Waals surface area contributed by atoms with Gasteiger partial charge in [-0.15, -0.1) is 0 Å². The van der Waals surface area contributed by atoms with Crippen LogP contribution in [-0.2, 0) is 27.9 Å². The van der Waals surface area contributed by atoms with Crippen molar-refractivity contribution in [2.75, 3.05) is 45.7 Å². The molecule has 0 saturated carbocycles. The van der Waals surface area contributed by atoms with Crippen LogP contribution in [0.5, 0.6) is 23.0 Å². The van der Waals surface area contributed by atoms with Crippen LogP contribution in [0.4, 0.5) is 22.0 Å². The smallest absolute Gasteiger partial charge is 0.453 e. The van der Waals surface area contributed by atoms with E-state index in [4.69, 9.17) is 23.7 Å². The van der Waals surface area contributed by atoms with Crippen molar-refractivity contribution in [2.45, 2.75) is 75.5 Å². The molecule has 2 atom stereocenters. The van der Waals surface area contributed by atoms with Crippen LogP contribution in [0, 0.1) is 0 Å². The second kappa shape index (κ2) is 17.6. The van der Waals surface area contributed by atoms with Crippen LogP contribution >= 0.6 is 11.8 Å². The first-order valence-corrected chi connectivity index (χ1v) is 17.5. The van der Waals surface area contributed by atoms with E-state index < -0.39 is 23.9 Å². The summed E-state index contributed by atoms with van der Waals surface area (Å²) in [6.07, 6.45) is -3.77. The molecule has 2 unspecified atom stereocenters. The lowest BCUT2D eigenvalue weighted by Crippen LogP contribution is -2.40. The van der Waals surface area contributed by atoms with Gasteiger partial charge in [0.05, 0.1) is 19.8 Å². The summed E-state index contributed by atoms with van der Waals surface area (Å²) in [4.78, 5) is 0. The molecule has 0 aliphatic carbocycles. The largest absolute Gasteiger partial charge is 0.508 e. The predicted molar refractivity (Wildman–Crippen MR) is 180 cm³/mol. The van der Waals surface area contributed by atoms with Crippen molar-refractivity contribution >= 4 is 11.8 Å². The van der Waals surface area contributed by atoms with E-state index in [1.54, 1.807) is 20.3 Å². The molecule has 3 aromatic carbocycles. The molecule has 0 saturated heterocycles. The fourth-order valence-electron chi connectivity index (χ4n) is 6.12. The van der Waals surface area contributed by atoms with Gasteiger partial charge >= 0.3 is 12.1 Å². The molecule has 0 fully saturated rings. The number of aromatic hydroxyl groups is 1. The molecule has 0 aromatic heterocycles. The number of ether oxygens (including phenoxy) is 5. The molecule has 0 amide bonds. The van der Waals surface area contributed by atoms with Gasteiger partial charge in [-0.2, -0.15) is 33.7 Å². The average molecular weight is 713 g/mol. The maximum Gasteiger partial charge on any atom is 0.453 e. The quantitative estimate of drug-likeness (QED) is 0.0755. The van der Waals surface area contributed by atoms with Crippen LogP contribution in [0.15, 0.2) is 60.7 Å². The topological polar surface area (TPSA) is 66.4 Å². The van der Waals surface area contributed by atoms with Crippen LogP contribution in [-0.4, -0.2) is 62.9 Å². The standard InChI is InChI=1S/C37H45F5O6S/c1-35(32-16-11-27(23-44-2)21-33(32)43)24-47-34-22-29(48-25-45-3)14-15-30(34)31(35)8-4-18-46-28-12-9-26(10-13-28)7-5-19-49-20-6-17-36(38,39)37(40,41)42/h9-16,21-22,31,43H,4-8,17-20,23-25H2,1-3H3. The minimum atomic E-state index is -5.49. The van der Waals surface area contributed by atoms with Crippen LogP contribution in [0.1, 0.15) is 67.2 Å². The third kappa shape index (κ3) is 10.4. The van der Waals surface area contributed by atoms with Gasteiger partial charge in [0.15, 0.2) is 6.79 Å². The number of rotatable bonds is 19. The zero-order valence-electron chi connectivity index (χ0n) is 28.1. The number of benzene rings is 3. The van der Waals surface area contributed by atoms with E-state index >= 15 is 0 Å². The van der Waals surface area contributed by atoms with Crippen LogP contribution in [0.3, 0.4) is 0 Å². The second-order valence-corrected chi connectivity index (χ2v) is 13.7. The van der Waals surface area contributed by atoms with Crippen molar-refractivity contribution in [2.24, 2.45) is 0 Å². The van der Waals surface area contributed by atoms with Gasteiger partial charge in [-0.25, -0.2) is 0 Å². The number of phenolic OH excluding ortho intramolecular Hbond substituents is 1. The fourth-order valence-corrected chi connectivity index (χ4v) is 7.02. The van der Waals surface area contributed by atoms with E-state index in [1.165, 1.54) is 11.8 Å². The molecule has 49 heavy (non-hydrogen) atoms. The van der Waals surface area contributed by atoms with E-state index in [9.17, 15) is 27.1 Å². The van der Waals surface area contributed by atoms with Crippen molar-refractivity contribution in [3.8, 4) is 23.0 Å². The van der Waals surface area contributed by atoms with E-state index in [1.807, 2.05) is 54.6 Å². The molecule has 1 aliphatic rings. The summed E-state index contributed by atoms with van der Waals surface area (Å²) < 4.78 is 91.1. The maximum atomic E-state index is 13.0. The lowest BCUT2D eigenvalue weighted by molar-refractivity contribution is -0.284. The lowest BCUT2D eigenvalue weighted by Gasteiger charge is -2.43. The van der Waals surface area contributed by atoms with Crippen molar-refractivity contribution in [3.63, 3.8) is 0 Å². The minimum Gasteiger partial charge on any atom is -0.508 e. The van der Waals surface area contributed by atoms with Crippen LogP contribution in [0.2, 0.25) is 0 Å². The van der Waals surface area contributed by atoms with Crippen LogP contribution < -0.4 is 14.2 Å². The van der Waals surface area contributed by atoms with Gasteiger partial charge in [-0.3, -0.25) is 0 Å².